The van der Waals surface area contributed by atoms with Gasteiger partial charge in [-0.2, -0.15) is 0 Å². The van der Waals surface area contributed by atoms with E-state index in [2.05, 4.69) is 5.32 Å². The lowest BCUT2D eigenvalue weighted by molar-refractivity contribution is -0.127. The Labute approximate surface area is 132 Å². The first-order chi connectivity index (χ1) is 11.0. The van der Waals surface area contributed by atoms with E-state index < -0.39 is 23.6 Å². The van der Waals surface area contributed by atoms with Crippen molar-refractivity contribution in [3.8, 4) is 5.75 Å². The third kappa shape index (κ3) is 4.50. The number of benzene rings is 2. The molecule has 0 aliphatic carbocycles. The summed E-state index contributed by atoms with van der Waals surface area (Å²) in [5.74, 6) is -2.34. The van der Waals surface area contributed by atoms with Crippen molar-refractivity contribution in [3.05, 3.63) is 65.2 Å². The molecular weight excluding hydrogens is 304 g/mol. The first-order valence-electron chi connectivity index (χ1n) is 7.08. The number of hydrogen-bond acceptors (Lipinski definition) is 3. The quantitative estimate of drug-likeness (QED) is 0.859. The number of aliphatic hydroxyl groups is 1. The van der Waals surface area contributed by atoms with Crippen molar-refractivity contribution >= 4 is 5.91 Å². The third-order valence-electron chi connectivity index (χ3n) is 3.31. The summed E-state index contributed by atoms with van der Waals surface area (Å²) >= 11 is 0. The molecule has 2 rings (SSSR count). The van der Waals surface area contributed by atoms with Gasteiger partial charge < -0.3 is 15.2 Å². The zero-order valence-corrected chi connectivity index (χ0v) is 12.6. The molecule has 0 fully saturated rings. The summed E-state index contributed by atoms with van der Waals surface area (Å²) in [7, 11) is 0. The Morgan fingerprint density at radius 2 is 1.87 bits per heavy atom. The van der Waals surface area contributed by atoms with Gasteiger partial charge in [0.25, 0.3) is 5.91 Å². The number of aliphatic hydroxyl groups excluding tert-OH is 1. The van der Waals surface area contributed by atoms with Crippen molar-refractivity contribution in [2.24, 2.45) is 0 Å². The van der Waals surface area contributed by atoms with Crippen LogP contribution in [0.1, 0.15) is 18.1 Å². The number of carbonyl (C=O) groups excluding carboxylic acids is 1. The van der Waals surface area contributed by atoms with Gasteiger partial charge in [-0.25, -0.2) is 8.78 Å². The molecule has 0 spiro atoms. The molecular formula is C17H17F2NO3. The summed E-state index contributed by atoms with van der Waals surface area (Å²) in [6, 6.07) is 10.2. The fourth-order valence-corrected chi connectivity index (χ4v) is 2.02. The SMILES string of the molecule is CC(Oc1ccc(F)c(F)c1)C(=O)NCc1ccccc1CO. The van der Waals surface area contributed by atoms with Crippen LogP contribution < -0.4 is 10.1 Å². The summed E-state index contributed by atoms with van der Waals surface area (Å²) in [6.45, 7) is 1.63. The Morgan fingerprint density at radius 1 is 1.17 bits per heavy atom. The van der Waals surface area contributed by atoms with Gasteiger partial charge in [0.1, 0.15) is 5.75 Å². The van der Waals surface area contributed by atoms with Gasteiger partial charge in [-0.3, -0.25) is 4.79 Å². The molecule has 0 radical (unpaired) electrons. The van der Waals surface area contributed by atoms with Gasteiger partial charge >= 0.3 is 0 Å². The lowest BCUT2D eigenvalue weighted by atomic mass is 10.1. The molecule has 4 nitrogen and oxygen atoms in total. The normalized spacial score (nSPS) is 11.8. The number of halogens is 2. The van der Waals surface area contributed by atoms with Gasteiger partial charge in [-0.15, -0.1) is 0 Å². The zero-order chi connectivity index (χ0) is 16.8. The van der Waals surface area contributed by atoms with Crippen LogP contribution in [0, 0.1) is 11.6 Å². The molecule has 0 saturated carbocycles. The average molecular weight is 321 g/mol. The summed E-state index contributed by atoms with van der Waals surface area (Å²) in [6.07, 6.45) is -0.874. The highest BCUT2D eigenvalue weighted by atomic mass is 19.2. The molecule has 122 valence electrons. The van der Waals surface area contributed by atoms with E-state index in [4.69, 9.17) is 4.74 Å². The van der Waals surface area contributed by atoms with Gasteiger partial charge in [0.15, 0.2) is 17.7 Å². The molecule has 0 aliphatic rings. The Morgan fingerprint density at radius 3 is 2.52 bits per heavy atom. The van der Waals surface area contributed by atoms with E-state index in [0.29, 0.717) is 0 Å². The van der Waals surface area contributed by atoms with Crippen molar-refractivity contribution < 1.29 is 23.4 Å². The third-order valence-corrected chi connectivity index (χ3v) is 3.31. The van der Waals surface area contributed by atoms with Gasteiger partial charge in [-0.1, -0.05) is 24.3 Å². The maximum Gasteiger partial charge on any atom is 0.261 e. The molecule has 2 N–H and O–H groups in total. The second-order valence-corrected chi connectivity index (χ2v) is 4.98. The lowest BCUT2D eigenvalue weighted by Crippen LogP contribution is -2.36. The van der Waals surface area contributed by atoms with E-state index in [1.54, 1.807) is 18.2 Å². The standard InChI is InChI=1S/C17H17F2NO3/c1-11(23-14-6-7-15(18)16(19)8-14)17(22)20-9-12-4-2-3-5-13(12)10-21/h2-8,11,21H,9-10H2,1H3,(H,20,22). The van der Waals surface area contributed by atoms with E-state index in [-0.39, 0.29) is 18.9 Å². The van der Waals surface area contributed by atoms with Crippen molar-refractivity contribution in [3.63, 3.8) is 0 Å². The molecule has 1 amide bonds. The van der Waals surface area contributed by atoms with Crippen molar-refractivity contribution in [1.82, 2.24) is 5.32 Å². The zero-order valence-electron chi connectivity index (χ0n) is 12.6. The minimum absolute atomic E-state index is 0.0716. The number of amides is 1. The molecule has 23 heavy (non-hydrogen) atoms. The molecule has 6 heteroatoms. The van der Waals surface area contributed by atoms with E-state index in [9.17, 15) is 18.7 Å². The number of nitrogens with one attached hydrogen (secondary N) is 1. The van der Waals surface area contributed by atoms with Crippen LogP contribution in [0.5, 0.6) is 5.75 Å². The van der Waals surface area contributed by atoms with Gasteiger partial charge in [-0.05, 0) is 30.2 Å². The smallest absolute Gasteiger partial charge is 0.261 e. The molecule has 2 aromatic rings. The lowest BCUT2D eigenvalue weighted by Gasteiger charge is -2.15. The van der Waals surface area contributed by atoms with Crippen LogP contribution in [0.2, 0.25) is 0 Å². The molecule has 1 atom stereocenters. The Bertz CT molecular complexity index is 691. The summed E-state index contributed by atoms with van der Waals surface area (Å²) in [5, 5.41) is 11.9. The molecule has 2 aromatic carbocycles. The number of hydrogen-bond donors (Lipinski definition) is 2. The van der Waals surface area contributed by atoms with E-state index >= 15 is 0 Å². The summed E-state index contributed by atoms with van der Waals surface area (Å²) < 4.78 is 31.2. The Kier molecular flexibility index (Phi) is 5.65. The fourth-order valence-electron chi connectivity index (χ4n) is 2.02. The van der Waals surface area contributed by atoms with Gasteiger partial charge in [0.05, 0.1) is 6.61 Å². The van der Waals surface area contributed by atoms with E-state index in [0.717, 1.165) is 23.3 Å². The minimum Gasteiger partial charge on any atom is -0.481 e. The fraction of sp³-hybridized carbons (Fsp3) is 0.235. The molecule has 0 bridgehead atoms. The average Bonchev–Trinajstić information content (AvgIpc) is 2.56. The van der Waals surface area contributed by atoms with Crippen LogP contribution in [0.3, 0.4) is 0 Å². The first kappa shape index (κ1) is 16.9. The monoisotopic (exact) mass is 321 g/mol. The van der Waals surface area contributed by atoms with E-state index in [1.165, 1.54) is 13.0 Å². The summed E-state index contributed by atoms with van der Waals surface area (Å²) in [4.78, 5) is 12.0. The highest BCUT2D eigenvalue weighted by molar-refractivity contribution is 5.80. The second kappa shape index (κ2) is 7.69. The van der Waals surface area contributed by atoms with Crippen LogP contribution in [0.25, 0.3) is 0 Å². The van der Waals surface area contributed by atoms with Crippen molar-refractivity contribution in [1.29, 1.82) is 0 Å². The number of ether oxygens (including phenoxy) is 1. The summed E-state index contributed by atoms with van der Waals surface area (Å²) in [5.41, 5.74) is 1.52. The maximum atomic E-state index is 13.1. The predicted molar refractivity (Wildman–Crippen MR) is 80.7 cm³/mol. The van der Waals surface area contributed by atoms with Crippen LogP contribution in [-0.2, 0) is 17.9 Å². The number of rotatable bonds is 6. The highest BCUT2D eigenvalue weighted by Crippen LogP contribution is 2.17. The first-order valence-corrected chi connectivity index (χ1v) is 7.08. The van der Waals surface area contributed by atoms with Gasteiger partial charge in [0, 0.05) is 12.6 Å². The predicted octanol–water partition coefficient (Wildman–Crippen LogP) is 2.54. The second-order valence-electron chi connectivity index (χ2n) is 4.98. The molecule has 1 unspecified atom stereocenters. The number of carbonyl (C=O) groups is 1. The minimum atomic E-state index is -1.04. The van der Waals surface area contributed by atoms with Crippen LogP contribution in [-0.4, -0.2) is 17.1 Å². The van der Waals surface area contributed by atoms with Crippen LogP contribution >= 0.6 is 0 Å². The Balaban J connectivity index is 1.93. The topological polar surface area (TPSA) is 58.6 Å². The van der Waals surface area contributed by atoms with E-state index in [1.807, 2.05) is 6.07 Å². The van der Waals surface area contributed by atoms with Crippen LogP contribution in [0.15, 0.2) is 42.5 Å². The molecule has 0 aliphatic heterocycles. The van der Waals surface area contributed by atoms with Crippen molar-refractivity contribution in [2.45, 2.75) is 26.2 Å². The highest BCUT2D eigenvalue weighted by Gasteiger charge is 2.15. The molecule has 0 aromatic heterocycles. The van der Waals surface area contributed by atoms with Crippen molar-refractivity contribution in [2.75, 3.05) is 0 Å². The van der Waals surface area contributed by atoms with Gasteiger partial charge in [0.2, 0.25) is 0 Å². The molecule has 0 heterocycles. The molecule has 0 saturated heterocycles. The largest absolute Gasteiger partial charge is 0.481 e. The maximum absolute atomic E-state index is 13.1. The van der Waals surface area contributed by atoms with Crippen LogP contribution in [0.4, 0.5) is 8.78 Å². The Hall–Kier alpha value is -2.47.